The van der Waals surface area contributed by atoms with Gasteiger partial charge < -0.3 is 9.72 Å². The fourth-order valence-electron chi connectivity index (χ4n) is 1.81. The molecule has 0 spiro atoms. The van der Waals surface area contributed by atoms with Crippen LogP contribution >= 0.6 is 22.6 Å². The van der Waals surface area contributed by atoms with E-state index in [9.17, 15) is 4.79 Å². The van der Waals surface area contributed by atoms with Crippen molar-refractivity contribution < 1.29 is 9.53 Å². The number of aromatic nitrogens is 2. The SMILES string of the molecule is CC(C)(C)OC=O.Ic1c(C2CC2)[nH]c2ncccc12. The van der Waals surface area contributed by atoms with Crippen molar-refractivity contribution in [1.29, 1.82) is 0 Å². The number of carbonyl (C=O) groups is 1. The maximum absolute atomic E-state index is 9.60. The summed E-state index contributed by atoms with van der Waals surface area (Å²) in [5.41, 5.74) is 2.12. The van der Waals surface area contributed by atoms with Gasteiger partial charge in [-0.3, -0.25) is 4.79 Å². The second-order valence-corrected chi connectivity index (χ2v) is 6.93. The highest BCUT2D eigenvalue weighted by Crippen LogP contribution is 2.43. The molecule has 1 fully saturated rings. The molecule has 0 aromatic carbocycles. The average molecular weight is 386 g/mol. The van der Waals surface area contributed by atoms with Crippen molar-refractivity contribution >= 4 is 40.1 Å². The van der Waals surface area contributed by atoms with Gasteiger partial charge in [0, 0.05) is 26.8 Å². The molecule has 4 nitrogen and oxygen atoms in total. The molecule has 108 valence electrons. The van der Waals surface area contributed by atoms with Gasteiger partial charge in [0.05, 0.1) is 0 Å². The number of halogens is 1. The fourth-order valence-corrected chi connectivity index (χ4v) is 2.82. The van der Waals surface area contributed by atoms with Crippen molar-refractivity contribution in [2.24, 2.45) is 0 Å². The first-order valence-electron chi connectivity index (χ1n) is 6.66. The normalized spacial score (nSPS) is 14.6. The number of fused-ring (bicyclic) bond motifs is 1. The Morgan fingerprint density at radius 3 is 2.60 bits per heavy atom. The van der Waals surface area contributed by atoms with E-state index in [1.165, 1.54) is 27.5 Å². The first-order chi connectivity index (χ1) is 9.42. The standard InChI is InChI=1S/C10H9IN2.C5H10O2/c11-8-7-2-1-5-12-10(7)13-9(8)6-3-4-6;1-5(2,3)7-4-6/h1-2,5-6H,3-4H2,(H,12,13);4H,1-3H3. The van der Waals surface area contributed by atoms with Crippen LogP contribution in [0.25, 0.3) is 11.0 Å². The summed E-state index contributed by atoms with van der Waals surface area (Å²) < 4.78 is 5.91. The first kappa shape index (κ1) is 15.3. The number of ether oxygens (including phenoxy) is 1. The quantitative estimate of drug-likeness (QED) is 0.627. The molecule has 0 amide bonds. The molecule has 1 N–H and O–H groups in total. The summed E-state index contributed by atoms with van der Waals surface area (Å²) in [7, 11) is 0. The number of hydrogen-bond acceptors (Lipinski definition) is 3. The fraction of sp³-hybridized carbons (Fsp3) is 0.467. The maximum Gasteiger partial charge on any atom is 0.293 e. The highest BCUT2D eigenvalue weighted by molar-refractivity contribution is 14.1. The summed E-state index contributed by atoms with van der Waals surface area (Å²) in [6.07, 6.45) is 4.51. The van der Waals surface area contributed by atoms with Crippen LogP contribution in [-0.2, 0) is 9.53 Å². The number of pyridine rings is 1. The van der Waals surface area contributed by atoms with Gasteiger partial charge in [-0.05, 0) is 68.3 Å². The van der Waals surface area contributed by atoms with E-state index in [-0.39, 0.29) is 5.60 Å². The van der Waals surface area contributed by atoms with Gasteiger partial charge in [-0.15, -0.1) is 0 Å². The summed E-state index contributed by atoms with van der Waals surface area (Å²) in [6.45, 7) is 5.92. The molecule has 1 aliphatic carbocycles. The molecule has 0 atom stereocenters. The van der Waals surface area contributed by atoms with E-state index in [1.54, 1.807) is 0 Å². The van der Waals surface area contributed by atoms with Crippen LogP contribution < -0.4 is 0 Å². The molecular formula is C15H19IN2O2. The van der Waals surface area contributed by atoms with Gasteiger partial charge in [-0.2, -0.15) is 0 Å². The zero-order valence-corrected chi connectivity index (χ0v) is 14.1. The molecule has 1 saturated carbocycles. The Hall–Kier alpha value is -1.11. The Morgan fingerprint density at radius 2 is 2.15 bits per heavy atom. The summed E-state index contributed by atoms with van der Waals surface area (Å²) >= 11 is 2.42. The zero-order valence-electron chi connectivity index (χ0n) is 11.9. The predicted molar refractivity (Wildman–Crippen MR) is 87.7 cm³/mol. The second-order valence-electron chi connectivity index (χ2n) is 5.85. The number of nitrogens with zero attached hydrogens (tertiary/aromatic N) is 1. The topological polar surface area (TPSA) is 55.0 Å². The minimum atomic E-state index is -0.318. The van der Waals surface area contributed by atoms with E-state index in [0.717, 1.165) is 11.6 Å². The maximum atomic E-state index is 9.60. The second kappa shape index (κ2) is 6.11. The summed E-state index contributed by atoms with van der Waals surface area (Å²) in [6, 6.07) is 4.13. The Morgan fingerprint density at radius 1 is 1.45 bits per heavy atom. The van der Waals surface area contributed by atoms with Gasteiger partial charge in [0.15, 0.2) is 0 Å². The van der Waals surface area contributed by atoms with Gasteiger partial charge in [0.25, 0.3) is 6.47 Å². The van der Waals surface area contributed by atoms with Crippen molar-refractivity contribution in [3.63, 3.8) is 0 Å². The van der Waals surface area contributed by atoms with Crippen molar-refractivity contribution in [3.05, 3.63) is 27.6 Å². The number of rotatable bonds is 2. The van der Waals surface area contributed by atoms with Crippen LogP contribution in [0.1, 0.15) is 45.2 Å². The third-order valence-corrected chi connectivity index (χ3v) is 4.08. The van der Waals surface area contributed by atoms with Crippen LogP contribution in [-0.4, -0.2) is 22.0 Å². The van der Waals surface area contributed by atoms with E-state index in [2.05, 4.69) is 43.4 Å². The van der Waals surface area contributed by atoms with E-state index in [0.29, 0.717) is 6.47 Å². The van der Waals surface area contributed by atoms with E-state index < -0.39 is 0 Å². The molecular weight excluding hydrogens is 367 g/mol. The largest absolute Gasteiger partial charge is 0.462 e. The highest BCUT2D eigenvalue weighted by Gasteiger charge is 2.28. The molecule has 5 heteroatoms. The molecule has 0 radical (unpaired) electrons. The van der Waals surface area contributed by atoms with Gasteiger partial charge in [0.1, 0.15) is 11.2 Å². The monoisotopic (exact) mass is 386 g/mol. The molecule has 20 heavy (non-hydrogen) atoms. The van der Waals surface area contributed by atoms with Crippen LogP contribution in [0.5, 0.6) is 0 Å². The Balaban J connectivity index is 0.000000182. The lowest BCUT2D eigenvalue weighted by Crippen LogP contribution is -2.17. The van der Waals surface area contributed by atoms with Crippen molar-refractivity contribution in [3.8, 4) is 0 Å². The average Bonchev–Trinajstić information content (AvgIpc) is 3.15. The lowest BCUT2D eigenvalue weighted by atomic mass is 10.2. The Labute approximate surface area is 132 Å². The minimum absolute atomic E-state index is 0.318. The van der Waals surface area contributed by atoms with Gasteiger partial charge in [-0.1, -0.05) is 0 Å². The lowest BCUT2D eigenvalue weighted by molar-refractivity contribution is -0.138. The molecule has 2 heterocycles. The minimum Gasteiger partial charge on any atom is -0.462 e. The third kappa shape index (κ3) is 3.94. The smallest absolute Gasteiger partial charge is 0.293 e. The molecule has 0 unspecified atom stereocenters. The highest BCUT2D eigenvalue weighted by atomic mass is 127. The van der Waals surface area contributed by atoms with Crippen LogP contribution in [0.2, 0.25) is 0 Å². The van der Waals surface area contributed by atoms with E-state index >= 15 is 0 Å². The zero-order chi connectivity index (χ0) is 14.8. The molecule has 0 bridgehead atoms. The summed E-state index contributed by atoms with van der Waals surface area (Å²) in [4.78, 5) is 17.3. The van der Waals surface area contributed by atoms with Crippen LogP contribution in [0, 0.1) is 3.57 Å². The van der Waals surface area contributed by atoms with Crippen LogP contribution in [0.15, 0.2) is 18.3 Å². The number of H-pyrrole nitrogens is 1. The number of hydrogen-bond donors (Lipinski definition) is 1. The summed E-state index contributed by atoms with van der Waals surface area (Å²) in [5, 5.41) is 1.27. The van der Waals surface area contributed by atoms with Crippen LogP contribution in [0.4, 0.5) is 0 Å². The van der Waals surface area contributed by atoms with Crippen molar-refractivity contribution in [1.82, 2.24) is 9.97 Å². The van der Waals surface area contributed by atoms with E-state index in [1.807, 2.05) is 33.0 Å². The Kier molecular flexibility index (Phi) is 4.67. The van der Waals surface area contributed by atoms with Crippen molar-refractivity contribution in [2.75, 3.05) is 0 Å². The number of aromatic amines is 1. The predicted octanol–water partition coefficient (Wildman–Crippen LogP) is 4.00. The first-order valence-corrected chi connectivity index (χ1v) is 7.74. The molecule has 3 rings (SSSR count). The number of carbonyl (C=O) groups excluding carboxylic acids is 1. The Bertz CT molecular complexity index is 597. The van der Waals surface area contributed by atoms with Gasteiger partial charge in [-0.25, -0.2) is 4.98 Å². The third-order valence-electron chi connectivity index (χ3n) is 2.92. The molecule has 2 aromatic heterocycles. The molecule has 0 saturated heterocycles. The van der Waals surface area contributed by atoms with Crippen LogP contribution in [0.3, 0.4) is 0 Å². The van der Waals surface area contributed by atoms with Gasteiger partial charge >= 0.3 is 0 Å². The van der Waals surface area contributed by atoms with Crippen molar-refractivity contribution in [2.45, 2.75) is 45.1 Å². The lowest BCUT2D eigenvalue weighted by Gasteiger charge is -2.14. The summed E-state index contributed by atoms with van der Waals surface area (Å²) in [5.74, 6) is 0.779. The number of nitrogens with one attached hydrogen (secondary N) is 1. The van der Waals surface area contributed by atoms with Gasteiger partial charge in [0.2, 0.25) is 0 Å². The molecule has 1 aliphatic rings. The van der Waals surface area contributed by atoms with E-state index in [4.69, 9.17) is 0 Å². The molecule has 2 aromatic rings. The molecule has 0 aliphatic heterocycles.